The van der Waals surface area contributed by atoms with Crippen molar-refractivity contribution in [2.24, 2.45) is 0 Å². The molecule has 3 aromatic rings. The zero-order valence-corrected chi connectivity index (χ0v) is 17.9. The number of benzene rings is 2. The van der Waals surface area contributed by atoms with Crippen LogP contribution in [0.2, 0.25) is 0 Å². The first-order chi connectivity index (χ1) is 14.1. The van der Waals surface area contributed by atoms with Crippen molar-refractivity contribution >= 4 is 39.1 Å². The zero-order chi connectivity index (χ0) is 20.2. The fourth-order valence-corrected chi connectivity index (χ4v) is 4.23. The Hall–Kier alpha value is -2.64. The number of rotatable bonds is 5. The summed E-state index contributed by atoms with van der Waals surface area (Å²) in [6.07, 6.45) is 0.724. The normalized spacial score (nSPS) is 15.1. The fraction of sp³-hybridized carbons (Fsp3) is 0.182. The van der Waals surface area contributed by atoms with Gasteiger partial charge in [-0.1, -0.05) is 34.1 Å². The predicted molar refractivity (Wildman–Crippen MR) is 116 cm³/mol. The first kappa shape index (κ1) is 19.7. The lowest BCUT2D eigenvalue weighted by atomic mass is 10.00. The standard InChI is InChI=1S/C22H19BrN2O3S/c23-16-7-8-19-17(12-16)18(9-10-28-19)25-21(26)15-5-3-14(4-6-15)13-24-22(27)20-2-1-11-29-20/h1-8,11-12,18H,9-10,13H2,(H,24,27)(H,25,26). The van der Waals surface area contributed by atoms with E-state index < -0.39 is 0 Å². The molecule has 29 heavy (non-hydrogen) atoms. The molecule has 7 heteroatoms. The summed E-state index contributed by atoms with van der Waals surface area (Å²) in [4.78, 5) is 25.4. The van der Waals surface area contributed by atoms with E-state index in [0.29, 0.717) is 23.6 Å². The van der Waals surface area contributed by atoms with Crippen molar-refractivity contribution in [2.75, 3.05) is 6.61 Å². The molecular formula is C22H19BrN2O3S. The van der Waals surface area contributed by atoms with Gasteiger partial charge in [0.2, 0.25) is 0 Å². The Morgan fingerprint density at radius 2 is 1.93 bits per heavy atom. The quantitative estimate of drug-likeness (QED) is 0.567. The molecule has 0 radical (unpaired) electrons. The third kappa shape index (κ3) is 4.68. The van der Waals surface area contributed by atoms with Gasteiger partial charge in [-0.2, -0.15) is 0 Å². The molecule has 2 heterocycles. The third-order valence-corrected chi connectivity index (χ3v) is 6.09. The van der Waals surface area contributed by atoms with Crippen LogP contribution in [0, 0.1) is 0 Å². The average Bonchev–Trinajstić information content (AvgIpc) is 3.28. The first-order valence-electron chi connectivity index (χ1n) is 9.24. The highest BCUT2D eigenvalue weighted by Crippen LogP contribution is 2.34. The Balaban J connectivity index is 1.38. The second kappa shape index (κ2) is 8.80. The topological polar surface area (TPSA) is 67.4 Å². The summed E-state index contributed by atoms with van der Waals surface area (Å²) >= 11 is 4.89. The van der Waals surface area contributed by atoms with E-state index in [0.717, 1.165) is 27.8 Å². The van der Waals surface area contributed by atoms with Gasteiger partial charge in [-0.3, -0.25) is 9.59 Å². The van der Waals surface area contributed by atoms with Crippen molar-refractivity contribution in [3.63, 3.8) is 0 Å². The number of thiophene rings is 1. The molecule has 1 aliphatic heterocycles. The second-order valence-electron chi connectivity index (χ2n) is 6.70. The van der Waals surface area contributed by atoms with E-state index in [9.17, 15) is 9.59 Å². The lowest BCUT2D eigenvalue weighted by molar-refractivity contribution is 0.0922. The van der Waals surface area contributed by atoms with Crippen molar-refractivity contribution in [1.29, 1.82) is 0 Å². The van der Waals surface area contributed by atoms with E-state index in [1.165, 1.54) is 11.3 Å². The van der Waals surface area contributed by atoms with Crippen LogP contribution in [0.5, 0.6) is 5.75 Å². The molecule has 1 unspecified atom stereocenters. The summed E-state index contributed by atoms with van der Waals surface area (Å²) in [5.41, 5.74) is 2.50. The van der Waals surface area contributed by atoms with Crippen LogP contribution in [-0.2, 0) is 6.54 Å². The van der Waals surface area contributed by atoms with Gasteiger partial charge < -0.3 is 15.4 Å². The van der Waals surface area contributed by atoms with Crippen molar-refractivity contribution in [3.05, 3.63) is 86.0 Å². The molecule has 0 bridgehead atoms. The molecule has 0 aliphatic carbocycles. The number of nitrogens with one attached hydrogen (secondary N) is 2. The van der Waals surface area contributed by atoms with Gasteiger partial charge in [0.15, 0.2) is 0 Å². The van der Waals surface area contributed by atoms with Crippen LogP contribution < -0.4 is 15.4 Å². The predicted octanol–water partition coefficient (Wildman–Crippen LogP) is 4.69. The van der Waals surface area contributed by atoms with Crippen LogP contribution in [0.3, 0.4) is 0 Å². The Labute approximate surface area is 181 Å². The fourth-order valence-electron chi connectivity index (χ4n) is 3.21. The summed E-state index contributed by atoms with van der Waals surface area (Å²) in [6, 6.07) is 16.7. The molecular weight excluding hydrogens is 452 g/mol. The van der Waals surface area contributed by atoms with Gasteiger partial charge in [-0.25, -0.2) is 0 Å². The Kier molecular flexibility index (Phi) is 5.97. The van der Waals surface area contributed by atoms with E-state index >= 15 is 0 Å². The van der Waals surface area contributed by atoms with E-state index in [4.69, 9.17) is 4.74 Å². The van der Waals surface area contributed by atoms with Crippen LogP contribution in [-0.4, -0.2) is 18.4 Å². The highest BCUT2D eigenvalue weighted by molar-refractivity contribution is 9.10. The molecule has 1 atom stereocenters. The Bertz CT molecular complexity index is 1020. The molecule has 0 saturated carbocycles. The Morgan fingerprint density at radius 3 is 2.69 bits per heavy atom. The van der Waals surface area contributed by atoms with Crippen molar-refractivity contribution in [3.8, 4) is 5.75 Å². The van der Waals surface area contributed by atoms with E-state index in [1.54, 1.807) is 18.2 Å². The number of carbonyl (C=O) groups is 2. The highest BCUT2D eigenvalue weighted by atomic mass is 79.9. The molecule has 4 rings (SSSR count). The summed E-state index contributed by atoms with van der Waals surface area (Å²) in [5, 5.41) is 7.86. The zero-order valence-electron chi connectivity index (χ0n) is 15.5. The third-order valence-electron chi connectivity index (χ3n) is 4.73. The molecule has 2 aromatic carbocycles. The monoisotopic (exact) mass is 470 g/mol. The largest absolute Gasteiger partial charge is 0.493 e. The van der Waals surface area contributed by atoms with Crippen LogP contribution in [0.15, 0.2) is 64.5 Å². The smallest absolute Gasteiger partial charge is 0.261 e. The molecule has 0 spiro atoms. The molecule has 2 N–H and O–H groups in total. The van der Waals surface area contributed by atoms with Gasteiger partial charge in [0.05, 0.1) is 17.5 Å². The maximum atomic E-state index is 12.7. The number of fused-ring (bicyclic) bond motifs is 1. The minimum absolute atomic E-state index is 0.0893. The number of hydrogen-bond donors (Lipinski definition) is 2. The van der Waals surface area contributed by atoms with Crippen molar-refractivity contribution in [1.82, 2.24) is 10.6 Å². The number of halogens is 1. The van der Waals surface area contributed by atoms with Crippen molar-refractivity contribution in [2.45, 2.75) is 19.0 Å². The molecule has 148 valence electrons. The number of carbonyl (C=O) groups excluding carboxylic acids is 2. The molecule has 1 aromatic heterocycles. The molecule has 1 aliphatic rings. The van der Waals surface area contributed by atoms with Crippen LogP contribution >= 0.6 is 27.3 Å². The molecule has 2 amide bonds. The van der Waals surface area contributed by atoms with Crippen LogP contribution in [0.1, 0.15) is 43.6 Å². The van der Waals surface area contributed by atoms with Crippen molar-refractivity contribution < 1.29 is 14.3 Å². The van der Waals surface area contributed by atoms with Gasteiger partial charge in [0, 0.05) is 28.6 Å². The lowest BCUT2D eigenvalue weighted by Gasteiger charge is -2.27. The first-order valence-corrected chi connectivity index (χ1v) is 10.9. The van der Waals surface area contributed by atoms with Gasteiger partial charge in [-0.05, 0) is 47.3 Å². The lowest BCUT2D eigenvalue weighted by Crippen LogP contribution is -2.32. The van der Waals surface area contributed by atoms with Gasteiger partial charge in [0.25, 0.3) is 11.8 Å². The molecule has 0 fully saturated rings. The molecule has 0 saturated heterocycles. The second-order valence-corrected chi connectivity index (χ2v) is 8.57. The van der Waals surface area contributed by atoms with Crippen LogP contribution in [0.25, 0.3) is 0 Å². The maximum absolute atomic E-state index is 12.7. The van der Waals surface area contributed by atoms with E-state index in [1.807, 2.05) is 41.8 Å². The maximum Gasteiger partial charge on any atom is 0.261 e. The number of amides is 2. The van der Waals surface area contributed by atoms with Gasteiger partial charge in [-0.15, -0.1) is 11.3 Å². The minimum Gasteiger partial charge on any atom is -0.493 e. The molecule has 5 nitrogen and oxygen atoms in total. The number of ether oxygens (including phenoxy) is 1. The Morgan fingerprint density at radius 1 is 1.10 bits per heavy atom. The van der Waals surface area contributed by atoms with Gasteiger partial charge in [0.1, 0.15) is 5.75 Å². The van der Waals surface area contributed by atoms with E-state index in [-0.39, 0.29) is 17.9 Å². The summed E-state index contributed by atoms with van der Waals surface area (Å²) in [7, 11) is 0. The van der Waals surface area contributed by atoms with E-state index in [2.05, 4.69) is 26.6 Å². The summed E-state index contributed by atoms with van der Waals surface area (Å²) in [5.74, 6) is 0.588. The SMILES string of the molecule is O=C(NC1CCOc2ccc(Br)cc21)c1ccc(CNC(=O)c2cccs2)cc1. The number of hydrogen-bond acceptors (Lipinski definition) is 4. The summed E-state index contributed by atoms with van der Waals surface area (Å²) < 4.78 is 6.63. The summed E-state index contributed by atoms with van der Waals surface area (Å²) in [6.45, 7) is 0.989. The average molecular weight is 471 g/mol. The highest BCUT2D eigenvalue weighted by Gasteiger charge is 2.23. The minimum atomic E-state index is -0.128. The van der Waals surface area contributed by atoms with Gasteiger partial charge >= 0.3 is 0 Å². The van der Waals surface area contributed by atoms with Crippen LogP contribution in [0.4, 0.5) is 0 Å².